The van der Waals surface area contributed by atoms with Crippen molar-refractivity contribution in [3.05, 3.63) is 67.9 Å². The van der Waals surface area contributed by atoms with Crippen LogP contribution in [0.1, 0.15) is 52.0 Å². The number of aliphatic carboxylic acids is 1. The summed E-state index contributed by atoms with van der Waals surface area (Å²) < 4.78 is 33.8. The van der Waals surface area contributed by atoms with Crippen LogP contribution in [0.15, 0.2) is 62.4 Å². The van der Waals surface area contributed by atoms with Crippen molar-refractivity contribution >= 4 is 56.5 Å². The number of carboxylic acid groups (broad SMARTS) is 1. The fourth-order valence-corrected chi connectivity index (χ4v) is 8.29. The zero-order valence-electron chi connectivity index (χ0n) is 29.5. The van der Waals surface area contributed by atoms with Gasteiger partial charge in [-0.1, -0.05) is 58.2 Å². The molecule has 5 rings (SSSR count). The van der Waals surface area contributed by atoms with Gasteiger partial charge in [-0.15, -0.1) is 6.58 Å². The van der Waals surface area contributed by atoms with Gasteiger partial charge in [-0.25, -0.2) is 13.4 Å². The van der Waals surface area contributed by atoms with Crippen molar-refractivity contribution < 1.29 is 42.2 Å². The summed E-state index contributed by atoms with van der Waals surface area (Å²) in [5, 5.41) is 16.4. The van der Waals surface area contributed by atoms with E-state index in [4.69, 9.17) is 4.74 Å². The average molecular weight is 736 g/mol. The van der Waals surface area contributed by atoms with Crippen LogP contribution in [0.4, 0.5) is 0 Å². The number of carbonyl (C=O) groups excluding carboxylic acids is 4. The smallest absolute Gasteiger partial charge is 0.307 e. The van der Waals surface area contributed by atoms with Crippen molar-refractivity contribution in [1.29, 1.82) is 0 Å². The summed E-state index contributed by atoms with van der Waals surface area (Å²) in [6.07, 6.45) is 5.72. The van der Waals surface area contributed by atoms with E-state index < -0.39 is 85.7 Å². The summed E-state index contributed by atoms with van der Waals surface area (Å²) >= 11 is 0. The van der Waals surface area contributed by atoms with Crippen LogP contribution in [0.2, 0.25) is 0 Å². The molecule has 14 nitrogen and oxygen atoms in total. The van der Waals surface area contributed by atoms with Crippen LogP contribution in [0.5, 0.6) is 5.88 Å². The molecule has 278 valence electrons. The third kappa shape index (κ3) is 7.88. The molecule has 52 heavy (non-hydrogen) atoms. The van der Waals surface area contributed by atoms with Crippen LogP contribution < -0.4 is 20.1 Å². The van der Waals surface area contributed by atoms with Gasteiger partial charge in [-0.2, -0.15) is 0 Å². The highest BCUT2D eigenvalue weighted by Gasteiger charge is 2.62. The number of sulfonamides is 1. The number of aromatic nitrogens is 1. The molecule has 3 aliphatic rings. The number of amides is 4. The Bertz CT molecular complexity index is 1940. The van der Waals surface area contributed by atoms with E-state index in [9.17, 15) is 37.5 Å². The van der Waals surface area contributed by atoms with Gasteiger partial charge in [0.15, 0.2) is 0 Å². The van der Waals surface area contributed by atoms with Gasteiger partial charge in [0.2, 0.25) is 33.6 Å². The minimum absolute atomic E-state index is 0.0768. The van der Waals surface area contributed by atoms with Gasteiger partial charge in [0.1, 0.15) is 17.7 Å². The Morgan fingerprint density at radius 3 is 2.42 bits per heavy atom. The summed E-state index contributed by atoms with van der Waals surface area (Å²) in [4.78, 5) is 72.9. The molecule has 2 heterocycles. The summed E-state index contributed by atoms with van der Waals surface area (Å²) in [5.74, 6) is -7.26. The number of carbonyl (C=O) groups is 5. The van der Waals surface area contributed by atoms with Crippen LogP contribution in [-0.2, 0) is 34.0 Å². The second-order valence-corrected chi connectivity index (χ2v) is 16.7. The van der Waals surface area contributed by atoms with Crippen LogP contribution in [0, 0.1) is 23.2 Å². The molecule has 1 aromatic carbocycles. The summed E-state index contributed by atoms with van der Waals surface area (Å²) in [7, 11) is -3.95. The Hall–Kier alpha value is -5.05. The number of fused-ring (bicyclic) bond motifs is 1. The molecule has 0 bridgehead atoms. The molecule has 2 saturated carbocycles. The van der Waals surface area contributed by atoms with E-state index in [0.29, 0.717) is 18.2 Å². The topological polar surface area (TPSA) is 201 Å². The number of carboxylic acids is 1. The highest BCUT2D eigenvalue weighted by molar-refractivity contribution is 7.91. The zero-order valence-corrected chi connectivity index (χ0v) is 30.3. The fourth-order valence-electron chi connectivity index (χ4n) is 6.92. The van der Waals surface area contributed by atoms with Crippen molar-refractivity contribution in [3.63, 3.8) is 0 Å². The number of nitrogens with zero attached hydrogens (tertiary/aromatic N) is 2. The zero-order chi connectivity index (χ0) is 38.2. The van der Waals surface area contributed by atoms with E-state index in [1.54, 1.807) is 39.1 Å². The van der Waals surface area contributed by atoms with Crippen molar-refractivity contribution in [1.82, 2.24) is 25.2 Å². The van der Waals surface area contributed by atoms with E-state index in [2.05, 4.69) is 40.1 Å². The number of hydrogen-bond acceptors (Lipinski definition) is 9. The summed E-state index contributed by atoms with van der Waals surface area (Å²) in [6, 6.07) is 6.12. The first kappa shape index (κ1) is 38.2. The molecule has 4 N–H and O–H groups in total. The Morgan fingerprint density at radius 1 is 1.13 bits per heavy atom. The van der Waals surface area contributed by atoms with E-state index >= 15 is 0 Å². The number of nitrogens with one attached hydrogen (secondary N) is 3. The Kier molecular flexibility index (Phi) is 10.7. The van der Waals surface area contributed by atoms with Gasteiger partial charge in [-0.3, -0.25) is 28.7 Å². The van der Waals surface area contributed by atoms with Gasteiger partial charge in [0.05, 0.1) is 23.6 Å². The highest BCUT2D eigenvalue weighted by atomic mass is 32.2. The maximum Gasteiger partial charge on any atom is 0.307 e. The van der Waals surface area contributed by atoms with Gasteiger partial charge in [-0.05, 0) is 53.8 Å². The van der Waals surface area contributed by atoms with Gasteiger partial charge < -0.3 is 25.4 Å². The number of rotatable bonds is 15. The molecule has 3 fully saturated rings. The Morgan fingerprint density at radius 2 is 1.85 bits per heavy atom. The number of benzene rings is 1. The lowest BCUT2D eigenvalue weighted by Gasteiger charge is -2.36. The molecule has 1 aliphatic heterocycles. The molecule has 1 unspecified atom stereocenters. The molecule has 2 aromatic rings. The van der Waals surface area contributed by atoms with E-state index in [0.717, 1.165) is 17.0 Å². The van der Waals surface area contributed by atoms with E-state index in [-0.39, 0.29) is 31.8 Å². The molecule has 15 heteroatoms. The Labute approximate surface area is 302 Å². The molecular weight excluding hydrogens is 690 g/mol. The third-order valence-electron chi connectivity index (χ3n) is 9.97. The normalized spacial score (nSPS) is 23.8. The number of ether oxygens (including phenoxy) is 1. The van der Waals surface area contributed by atoms with Crippen LogP contribution >= 0.6 is 0 Å². The van der Waals surface area contributed by atoms with Crippen LogP contribution in [-0.4, -0.2) is 89.0 Å². The lowest BCUT2D eigenvalue weighted by molar-refractivity contribution is -0.156. The minimum atomic E-state index is -3.95. The predicted molar refractivity (Wildman–Crippen MR) is 193 cm³/mol. The molecule has 0 radical (unpaired) electrons. The lowest BCUT2D eigenvalue weighted by Crippen LogP contribution is -2.58. The highest BCUT2D eigenvalue weighted by Crippen LogP contribution is 2.46. The molecule has 4 amide bonds. The molecule has 1 aromatic heterocycles. The van der Waals surface area contributed by atoms with Gasteiger partial charge >= 0.3 is 5.97 Å². The van der Waals surface area contributed by atoms with Crippen LogP contribution in [0.25, 0.3) is 16.8 Å². The molecule has 2 aliphatic carbocycles. The fraction of sp³-hybridized carbons (Fsp3) is 0.459. The van der Waals surface area contributed by atoms with Crippen molar-refractivity contribution in [3.8, 4) is 5.88 Å². The maximum atomic E-state index is 14.6. The monoisotopic (exact) mass is 735 g/mol. The summed E-state index contributed by atoms with van der Waals surface area (Å²) in [5.41, 5.74) is -1.78. The van der Waals surface area contributed by atoms with E-state index in [1.807, 2.05) is 18.2 Å². The SMILES string of the molecule is C=CC(=O)NCC(C(=O)N1C[C@H](Oc2nccc3ccc(C=C)cc23)C[C@H]1C(=O)N[C@]1(C(=O)NS(=O)(=O)C2CC2)C[C@H]1C=C)[C@H](C(=O)O)C(C)(C)C. The number of likely N-dealkylation sites (tertiary alicyclic amines) is 1. The van der Waals surface area contributed by atoms with Crippen molar-refractivity contribution in [2.45, 2.75) is 69.4 Å². The van der Waals surface area contributed by atoms with E-state index in [1.165, 1.54) is 11.0 Å². The number of pyridine rings is 1. The first-order valence-corrected chi connectivity index (χ1v) is 18.6. The second kappa shape index (κ2) is 14.5. The lowest BCUT2D eigenvalue weighted by atomic mass is 9.72. The standard InChI is InChI=1S/C37H45N5O9S/c1-7-21-10-11-22-14-15-38-32(26(22)16-21)51-24-17-28(31(44)40-37(18-23(37)8-2)35(48)41-52(49,50)25-12-13-25)42(20-24)33(45)27(19-39-29(43)9-3)30(34(46)47)36(4,5)6/h7-11,14-16,23-25,27-28,30H,1-3,12-13,17-20H2,4-6H3,(H,39,43)(H,40,44)(H,41,48)(H,46,47)/t23-,24-,27?,28+,30-,37-/m1/s1. The van der Waals surface area contributed by atoms with Crippen molar-refractivity contribution in [2.24, 2.45) is 23.2 Å². The minimum Gasteiger partial charge on any atom is -0.481 e. The predicted octanol–water partition coefficient (Wildman–Crippen LogP) is 2.56. The first-order valence-electron chi connectivity index (χ1n) is 17.1. The summed E-state index contributed by atoms with van der Waals surface area (Å²) in [6.45, 7) is 15.4. The Balaban J connectivity index is 1.50. The quantitative estimate of drug-likeness (QED) is 0.156. The van der Waals surface area contributed by atoms with Crippen LogP contribution in [0.3, 0.4) is 0 Å². The molecular formula is C37H45N5O9S. The molecule has 6 atom stereocenters. The number of hydrogen-bond donors (Lipinski definition) is 4. The second-order valence-electron chi connectivity index (χ2n) is 14.7. The van der Waals surface area contributed by atoms with Crippen molar-refractivity contribution in [2.75, 3.05) is 13.1 Å². The largest absolute Gasteiger partial charge is 0.481 e. The van der Waals surface area contributed by atoms with Gasteiger partial charge in [0, 0.05) is 30.5 Å². The third-order valence-corrected chi connectivity index (χ3v) is 11.8. The molecule has 1 saturated heterocycles. The maximum absolute atomic E-state index is 14.6. The first-order chi connectivity index (χ1) is 24.4. The molecule has 0 spiro atoms. The average Bonchev–Trinajstić information content (AvgIpc) is 4.02. The van der Waals surface area contributed by atoms with Gasteiger partial charge in [0.25, 0.3) is 5.91 Å².